The van der Waals surface area contributed by atoms with Gasteiger partial charge in [-0.2, -0.15) is 0 Å². The standard InChI is InChI=1S/C12H14O/c1-4-5-10(2)11-6-8-12(13-3)9-7-11/h4-9H,1H2,2-3H3/b10-5-. The first-order valence-corrected chi connectivity index (χ1v) is 4.21. The summed E-state index contributed by atoms with van der Waals surface area (Å²) in [4.78, 5) is 0. The van der Waals surface area contributed by atoms with Crippen molar-refractivity contribution >= 4 is 5.57 Å². The summed E-state index contributed by atoms with van der Waals surface area (Å²) < 4.78 is 5.07. The van der Waals surface area contributed by atoms with Crippen molar-refractivity contribution < 1.29 is 4.74 Å². The lowest BCUT2D eigenvalue weighted by atomic mass is 10.1. The van der Waals surface area contributed by atoms with Crippen molar-refractivity contribution in [3.8, 4) is 5.75 Å². The molecule has 13 heavy (non-hydrogen) atoms. The lowest BCUT2D eigenvalue weighted by molar-refractivity contribution is 0.415. The van der Waals surface area contributed by atoms with Gasteiger partial charge in [-0.05, 0) is 30.2 Å². The third-order valence-electron chi connectivity index (χ3n) is 1.91. The highest BCUT2D eigenvalue weighted by Gasteiger charge is 1.94. The quantitative estimate of drug-likeness (QED) is 0.639. The molecule has 0 saturated heterocycles. The maximum atomic E-state index is 5.07. The molecule has 0 bridgehead atoms. The third-order valence-corrected chi connectivity index (χ3v) is 1.91. The van der Waals surface area contributed by atoms with Gasteiger partial charge in [0.05, 0.1) is 7.11 Å². The monoisotopic (exact) mass is 174 g/mol. The van der Waals surface area contributed by atoms with Crippen LogP contribution in [0.4, 0.5) is 0 Å². The molecule has 0 heterocycles. The number of allylic oxidation sites excluding steroid dienone is 3. The van der Waals surface area contributed by atoms with E-state index in [9.17, 15) is 0 Å². The molecule has 0 N–H and O–H groups in total. The van der Waals surface area contributed by atoms with Crippen molar-refractivity contribution in [2.45, 2.75) is 6.92 Å². The largest absolute Gasteiger partial charge is 0.497 e. The van der Waals surface area contributed by atoms with E-state index in [0.717, 1.165) is 5.75 Å². The van der Waals surface area contributed by atoms with Crippen molar-refractivity contribution in [1.29, 1.82) is 0 Å². The molecule has 0 aliphatic rings. The van der Waals surface area contributed by atoms with E-state index < -0.39 is 0 Å². The molecule has 0 spiro atoms. The zero-order chi connectivity index (χ0) is 9.68. The summed E-state index contributed by atoms with van der Waals surface area (Å²) in [7, 11) is 1.67. The Balaban J connectivity index is 2.91. The lowest BCUT2D eigenvalue weighted by Gasteiger charge is -2.02. The van der Waals surface area contributed by atoms with E-state index in [0.29, 0.717) is 0 Å². The number of ether oxygens (including phenoxy) is 1. The number of rotatable bonds is 3. The highest BCUT2D eigenvalue weighted by molar-refractivity contribution is 5.65. The van der Waals surface area contributed by atoms with Gasteiger partial charge in [0.1, 0.15) is 5.75 Å². The predicted molar refractivity (Wildman–Crippen MR) is 56.8 cm³/mol. The molecular formula is C12H14O. The highest BCUT2D eigenvalue weighted by atomic mass is 16.5. The van der Waals surface area contributed by atoms with Gasteiger partial charge in [-0.15, -0.1) is 0 Å². The fraction of sp³-hybridized carbons (Fsp3) is 0.167. The second-order valence-electron chi connectivity index (χ2n) is 2.81. The van der Waals surface area contributed by atoms with Crippen molar-refractivity contribution in [2.75, 3.05) is 7.11 Å². The topological polar surface area (TPSA) is 9.23 Å². The molecule has 0 aromatic heterocycles. The minimum absolute atomic E-state index is 0.884. The Kier molecular flexibility index (Phi) is 3.32. The van der Waals surface area contributed by atoms with Crippen LogP contribution < -0.4 is 4.74 Å². The van der Waals surface area contributed by atoms with Crippen molar-refractivity contribution in [3.05, 3.63) is 48.6 Å². The minimum atomic E-state index is 0.884. The molecule has 0 aliphatic carbocycles. The lowest BCUT2D eigenvalue weighted by Crippen LogP contribution is -1.83. The van der Waals surface area contributed by atoms with Crippen LogP contribution in [0.3, 0.4) is 0 Å². The van der Waals surface area contributed by atoms with Gasteiger partial charge in [0.25, 0.3) is 0 Å². The van der Waals surface area contributed by atoms with E-state index in [1.165, 1.54) is 11.1 Å². The van der Waals surface area contributed by atoms with Crippen LogP contribution in [-0.2, 0) is 0 Å². The van der Waals surface area contributed by atoms with Crippen LogP contribution in [0, 0.1) is 0 Å². The van der Waals surface area contributed by atoms with Gasteiger partial charge in [0, 0.05) is 0 Å². The van der Waals surface area contributed by atoms with Gasteiger partial charge < -0.3 is 4.74 Å². The van der Waals surface area contributed by atoms with Crippen LogP contribution in [0.15, 0.2) is 43.0 Å². The first-order chi connectivity index (χ1) is 6.27. The van der Waals surface area contributed by atoms with E-state index in [2.05, 4.69) is 13.5 Å². The van der Waals surface area contributed by atoms with Crippen LogP contribution >= 0.6 is 0 Å². The average molecular weight is 174 g/mol. The molecule has 0 unspecified atom stereocenters. The van der Waals surface area contributed by atoms with Crippen molar-refractivity contribution in [3.63, 3.8) is 0 Å². The highest BCUT2D eigenvalue weighted by Crippen LogP contribution is 2.17. The third kappa shape index (κ3) is 2.48. The molecule has 68 valence electrons. The summed E-state index contributed by atoms with van der Waals surface area (Å²) >= 11 is 0. The number of hydrogen-bond donors (Lipinski definition) is 0. The molecule has 1 nitrogen and oxygen atoms in total. The molecule has 1 aromatic rings. The Morgan fingerprint density at radius 3 is 2.38 bits per heavy atom. The molecule has 0 atom stereocenters. The van der Waals surface area contributed by atoms with Crippen LogP contribution in [0.25, 0.3) is 5.57 Å². The maximum Gasteiger partial charge on any atom is 0.118 e. The molecular weight excluding hydrogens is 160 g/mol. The Bertz CT molecular complexity index is 306. The Hall–Kier alpha value is -1.50. The first-order valence-electron chi connectivity index (χ1n) is 4.21. The maximum absolute atomic E-state index is 5.07. The van der Waals surface area contributed by atoms with Crippen molar-refractivity contribution in [2.24, 2.45) is 0 Å². The summed E-state index contributed by atoms with van der Waals surface area (Å²) in [6.45, 7) is 5.72. The van der Waals surface area contributed by atoms with Gasteiger partial charge in [0.2, 0.25) is 0 Å². The van der Waals surface area contributed by atoms with Gasteiger partial charge >= 0.3 is 0 Å². The summed E-state index contributed by atoms with van der Waals surface area (Å²) in [6, 6.07) is 7.98. The van der Waals surface area contributed by atoms with Crippen LogP contribution in [0.1, 0.15) is 12.5 Å². The zero-order valence-corrected chi connectivity index (χ0v) is 8.08. The molecule has 0 aliphatic heterocycles. The zero-order valence-electron chi connectivity index (χ0n) is 8.08. The van der Waals surface area contributed by atoms with Crippen LogP contribution in [0.2, 0.25) is 0 Å². The summed E-state index contributed by atoms with van der Waals surface area (Å²) in [5.74, 6) is 0.884. The summed E-state index contributed by atoms with van der Waals surface area (Å²) in [5.41, 5.74) is 2.40. The van der Waals surface area contributed by atoms with E-state index in [1.54, 1.807) is 13.2 Å². The van der Waals surface area contributed by atoms with E-state index in [4.69, 9.17) is 4.74 Å². The molecule has 0 amide bonds. The van der Waals surface area contributed by atoms with Gasteiger partial charge in [-0.1, -0.05) is 30.9 Å². The second kappa shape index (κ2) is 4.51. The van der Waals surface area contributed by atoms with Crippen molar-refractivity contribution in [1.82, 2.24) is 0 Å². The average Bonchev–Trinajstić information content (AvgIpc) is 2.18. The fourth-order valence-electron chi connectivity index (χ4n) is 1.13. The van der Waals surface area contributed by atoms with Gasteiger partial charge in [0.15, 0.2) is 0 Å². The fourth-order valence-corrected chi connectivity index (χ4v) is 1.13. The molecule has 1 heteroatoms. The Morgan fingerprint density at radius 1 is 1.31 bits per heavy atom. The first kappa shape index (κ1) is 9.59. The molecule has 0 radical (unpaired) electrons. The Labute approximate surface area is 79.4 Å². The second-order valence-corrected chi connectivity index (χ2v) is 2.81. The molecule has 0 fully saturated rings. The van der Waals surface area contributed by atoms with Crippen LogP contribution in [0.5, 0.6) is 5.75 Å². The number of benzene rings is 1. The number of hydrogen-bond acceptors (Lipinski definition) is 1. The van der Waals surface area contributed by atoms with Crippen LogP contribution in [-0.4, -0.2) is 7.11 Å². The summed E-state index contributed by atoms with van der Waals surface area (Å²) in [6.07, 6.45) is 3.78. The molecule has 1 rings (SSSR count). The number of methoxy groups -OCH3 is 1. The molecule has 1 aromatic carbocycles. The van der Waals surface area contributed by atoms with Gasteiger partial charge in [-0.3, -0.25) is 0 Å². The smallest absolute Gasteiger partial charge is 0.118 e. The Morgan fingerprint density at radius 2 is 1.92 bits per heavy atom. The van der Waals surface area contributed by atoms with E-state index in [1.807, 2.05) is 30.3 Å². The molecule has 0 saturated carbocycles. The van der Waals surface area contributed by atoms with E-state index in [-0.39, 0.29) is 0 Å². The normalized spacial score (nSPS) is 11.1. The SMILES string of the molecule is C=C/C=C(/C)c1ccc(OC)cc1. The van der Waals surface area contributed by atoms with Gasteiger partial charge in [-0.25, -0.2) is 0 Å². The minimum Gasteiger partial charge on any atom is -0.497 e. The van der Waals surface area contributed by atoms with E-state index >= 15 is 0 Å². The predicted octanol–water partition coefficient (Wildman–Crippen LogP) is 3.28. The summed E-state index contributed by atoms with van der Waals surface area (Å²) in [5, 5.41) is 0.